The zero-order valence-corrected chi connectivity index (χ0v) is 12.2. The molecule has 104 valence electrons. The maximum absolute atomic E-state index is 3.77. The smallest absolute Gasteiger partial charge is 0.0246 e. The molecule has 2 nitrogen and oxygen atoms in total. The number of fused-ring (bicyclic) bond motifs is 1. The summed E-state index contributed by atoms with van der Waals surface area (Å²) < 4.78 is 0. The Hall–Kier alpha value is -0.0800. The average molecular weight is 250 g/mol. The van der Waals surface area contributed by atoms with Gasteiger partial charge in [0, 0.05) is 24.7 Å². The van der Waals surface area contributed by atoms with E-state index in [0.717, 1.165) is 30.0 Å². The summed E-state index contributed by atoms with van der Waals surface area (Å²) in [7, 11) is 0. The first-order valence-corrected chi connectivity index (χ1v) is 8.25. The molecule has 18 heavy (non-hydrogen) atoms. The minimum Gasteiger partial charge on any atom is -0.312 e. The molecule has 2 aliphatic carbocycles. The van der Waals surface area contributed by atoms with Crippen LogP contribution >= 0.6 is 0 Å². The third kappa shape index (κ3) is 2.75. The van der Waals surface area contributed by atoms with Crippen molar-refractivity contribution in [1.29, 1.82) is 0 Å². The first kappa shape index (κ1) is 12.9. The predicted molar refractivity (Wildman–Crippen MR) is 76.7 cm³/mol. The molecule has 1 heterocycles. The number of hydrogen-bond donors (Lipinski definition) is 1. The molecule has 0 bridgehead atoms. The van der Waals surface area contributed by atoms with Crippen LogP contribution in [0.1, 0.15) is 58.8 Å². The molecule has 1 N–H and O–H groups in total. The van der Waals surface area contributed by atoms with Gasteiger partial charge in [0.05, 0.1) is 0 Å². The van der Waals surface area contributed by atoms with Crippen LogP contribution in [-0.2, 0) is 0 Å². The van der Waals surface area contributed by atoms with Gasteiger partial charge in [-0.25, -0.2) is 0 Å². The molecular formula is C16H30N2. The predicted octanol–water partition coefficient (Wildman–Crippen LogP) is 3.03. The molecule has 3 atom stereocenters. The zero-order valence-electron chi connectivity index (χ0n) is 12.2. The molecule has 2 saturated carbocycles. The monoisotopic (exact) mass is 250 g/mol. The number of nitrogens with one attached hydrogen (secondary N) is 1. The van der Waals surface area contributed by atoms with Gasteiger partial charge in [-0.3, -0.25) is 4.90 Å². The van der Waals surface area contributed by atoms with Gasteiger partial charge in [-0.1, -0.05) is 20.3 Å². The summed E-state index contributed by atoms with van der Waals surface area (Å²) >= 11 is 0. The van der Waals surface area contributed by atoms with E-state index in [9.17, 15) is 0 Å². The molecule has 0 aromatic heterocycles. The summed E-state index contributed by atoms with van der Waals surface area (Å²) in [5, 5.41) is 3.77. The molecule has 2 heteroatoms. The summed E-state index contributed by atoms with van der Waals surface area (Å²) in [5.74, 6) is 1.82. The Kier molecular flexibility index (Phi) is 3.95. The topological polar surface area (TPSA) is 15.3 Å². The van der Waals surface area contributed by atoms with Crippen molar-refractivity contribution in [2.24, 2.45) is 11.8 Å². The number of nitrogens with zero attached hydrogens (tertiary/aromatic N) is 1. The molecular weight excluding hydrogens is 220 g/mol. The average Bonchev–Trinajstić information content (AvgIpc) is 3.05. The minimum absolute atomic E-state index is 0.775. The molecule has 0 radical (unpaired) electrons. The summed E-state index contributed by atoms with van der Waals surface area (Å²) in [6, 6.07) is 2.55. The van der Waals surface area contributed by atoms with E-state index in [-0.39, 0.29) is 0 Å². The lowest BCUT2D eigenvalue weighted by atomic mass is 9.88. The van der Waals surface area contributed by atoms with Gasteiger partial charge in [0.25, 0.3) is 0 Å². The molecule has 3 aliphatic rings. The Labute approximate surface area is 113 Å². The van der Waals surface area contributed by atoms with Gasteiger partial charge in [0.1, 0.15) is 0 Å². The van der Waals surface area contributed by atoms with Crippen molar-refractivity contribution in [3.8, 4) is 0 Å². The van der Waals surface area contributed by atoms with Crippen molar-refractivity contribution in [2.45, 2.75) is 76.9 Å². The van der Waals surface area contributed by atoms with Crippen LogP contribution in [0.25, 0.3) is 0 Å². The van der Waals surface area contributed by atoms with Crippen molar-refractivity contribution in [2.75, 3.05) is 13.1 Å². The molecule has 1 aliphatic heterocycles. The molecule has 3 fully saturated rings. The van der Waals surface area contributed by atoms with Gasteiger partial charge in [-0.15, -0.1) is 0 Å². The molecule has 0 aromatic rings. The van der Waals surface area contributed by atoms with Crippen LogP contribution in [0.2, 0.25) is 0 Å². The fourth-order valence-electron chi connectivity index (χ4n) is 4.22. The largest absolute Gasteiger partial charge is 0.312 e. The van der Waals surface area contributed by atoms with Crippen molar-refractivity contribution < 1.29 is 0 Å². The van der Waals surface area contributed by atoms with Gasteiger partial charge >= 0.3 is 0 Å². The summed E-state index contributed by atoms with van der Waals surface area (Å²) in [5.41, 5.74) is 0. The summed E-state index contributed by atoms with van der Waals surface area (Å²) in [4.78, 5) is 2.89. The summed E-state index contributed by atoms with van der Waals surface area (Å²) in [6.07, 6.45) is 10.2. The lowest BCUT2D eigenvalue weighted by Crippen LogP contribution is -2.54. The molecule has 1 saturated heterocycles. The highest BCUT2D eigenvalue weighted by Gasteiger charge is 2.39. The Morgan fingerprint density at radius 1 is 1.06 bits per heavy atom. The highest BCUT2D eigenvalue weighted by molar-refractivity contribution is 4.94. The van der Waals surface area contributed by atoms with Crippen molar-refractivity contribution in [3.05, 3.63) is 0 Å². The second-order valence-electron chi connectivity index (χ2n) is 7.13. The molecule has 3 rings (SSSR count). The van der Waals surface area contributed by atoms with Crippen LogP contribution in [0.5, 0.6) is 0 Å². The third-order valence-corrected chi connectivity index (χ3v) is 5.42. The first-order valence-electron chi connectivity index (χ1n) is 8.25. The third-order valence-electron chi connectivity index (χ3n) is 5.42. The SMILES string of the molecule is CC(C)C(CNC1CC1)N1CCCC2CCCC21. The number of hydrogen-bond acceptors (Lipinski definition) is 2. The van der Waals surface area contributed by atoms with Crippen LogP contribution in [0.15, 0.2) is 0 Å². The maximum atomic E-state index is 3.77. The van der Waals surface area contributed by atoms with Gasteiger partial charge < -0.3 is 5.32 Å². The highest BCUT2D eigenvalue weighted by Crippen LogP contribution is 2.38. The maximum Gasteiger partial charge on any atom is 0.0246 e. The zero-order chi connectivity index (χ0) is 12.5. The van der Waals surface area contributed by atoms with Crippen LogP contribution in [0.4, 0.5) is 0 Å². The van der Waals surface area contributed by atoms with E-state index in [0.29, 0.717) is 0 Å². The molecule has 0 amide bonds. The summed E-state index contributed by atoms with van der Waals surface area (Å²) in [6.45, 7) is 7.41. The number of piperidine rings is 1. The van der Waals surface area contributed by atoms with Gasteiger partial charge in [0.15, 0.2) is 0 Å². The lowest BCUT2D eigenvalue weighted by Gasteiger charge is -2.44. The van der Waals surface area contributed by atoms with E-state index in [1.165, 1.54) is 58.0 Å². The van der Waals surface area contributed by atoms with Gasteiger partial charge in [-0.05, 0) is 56.9 Å². The van der Waals surface area contributed by atoms with Crippen LogP contribution in [0.3, 0.4) is 0 Å². The van der Waals surface area contributed by atoms with E-state index in [1.54, 1.807) is 0 Å². The fraction of sp³-hybridized carbons (Fsp3) is 1.00. The second-order valence-corrected chi connectivity index (χ2v) is 7.13. The van der Waals surface area contributed by atoms with Crippen LogP contribution < -0.4 is 5.32 Å². The van der Waals surface area contributed by atoms with E-state index in [4.69, 9.17) is 0 Å². The molecule has 0 spiro atoms. The molecule has 0 aromatic carbocycles. The van der Waals surface area contributed by atoms with E-state index in [2.05, 4.69) is 24.1 Å². The van der Waals surface area contributed by atoms with E-state index < -0.39 is 0 Å². The standard InChI is InChI=1S/C16H30N2/c1-12(2)16(11-17-14-8-9-14)18-10-4-6-13-5-3-7-15(13)18/h12-17H,3-11H2,1-2H3. The highest BCUT2D eigenvalue weighted by atomic mass is 15.2. The van der Waals surface area contributed by atoms with E-state index >= 15 is 0 Å². The normalized spacial score (nSPS) is 34.8. The number of rotatable bonds is 5. The Morgan fingerprint density at radius 3 is 2.56 bits per heavy atom. The minimum atomic E-state index is 0.775. The van der Waals surface area contributed by atoms with Gasteiger partial charge in [-0.2, -0.15) is 0 Å². The van der Waals surface area contributed by atoms with Crippen LogP contribution in [0, 0.1) is 11.8 Å². The van der Waals surface area contributed by atoms with Crippen molar-refractivity contribution in [3.63, 3.8) is 0 Å². The quantitative estimate of drug-likeness (QED) is 0.807. The number of likely N-dealkylation sites (tertiary alicyclic amines) is 1. The second kappa shape index (κ2) is 5.50. The Morgan fingerprint density at radius 2 is 1.83 bits per heavy atom. The molecule has 3 unspecified atom stereocenters. The Balaban J connectivity index is 1.63. The fourth-order valence-corrected chi connectivity index (χ4v) is 4.22. The van der Waals surface area contributed by atoms with Gasteiger partial charge in [0.2, 0.25) is 0 Å². The van der Waals surface area contributed by atoms with Crippen molar-refractivity contribution in [1.82, 2.24) is 10.2 Å². The first-order chi connectivity index (χ1) is 8.75. The van der Waals surface area contributed by atoms with Crippen LogP contribution in [-0.4, -0.2) is 36.1 Å². The van der Waals surface area contributed by atoms with Crippen molar-refractivity contribution >= 4 is 0 Å². The lowest BCUT2D eigenvalue weighted by molar-refractivity contribution is 0.0459. The van der Waals surface area contributed by atoms with E-state index in [1.807, 2.05) is 0 Å². The Bertz CT molecular complexity index is 272.